The highest BCUT2D eigenvalue weighted by atomic mass is 16.5. The smallest absolute Gasteiger partial charge is 0.307 e. The Balaban J connectivity index is 1.89. The number of esters is 1. The van der Waals surface area contributed by atoms with Gasteiger partial charge >= 0.3 is 5.97 Å². The molecule has 1 aromatic carbocycles. The van der Waals surface area contributed by atoms with Gasteiger partial charge in [0, 0.05) is 19.6 Å². The average Bonchev–Trinajstić information content (AvgIpc) is 2.44. The maximum atomic E-state index is 11.6. The predicted octanol–water partition coefficient (Wildman–Crippen LogP) is 2.79. The molecule has 2 rings (SSSR count). The molecule has 0 atom stereocenters. The van der Waals surface area contributed by atoms with Crippen molar-refractivity contribution in [3.8, 4) is 5.75 Å². The van der Waals surface area contributed by atoms with E-state index in [1.165, 1.54) is 11.1 Å². The minimum atomic E-state index is -0.112. The first-order valence-corrected chi connectivity index (χ1v) is 7.75. The summed E-state index contributed by atoms with van der Waals surface area (Å²) in [7, 11) is 0. The fraction of sp³-hybridized carbons (Fsp3) is 0.588. The first-order valence-electron chi connectivity index (χ1n) is 7.75. The molecule has 4 heteroatoms. The standard InChI is InChI=1S/C17H25NO3/c1-4-20-16-6-5-14-7-9-18(12-15(14)11-16)10-8-17(19)21-13(2)3/h5-6,11,13H,4,7-10,12H2,1-3H3. The second-order valence-electron chi connectivity index (χ2n) is 5.68. The van der Waals surface area contributed by atoms with Gasteiger partial charge in [-0.25, -0.2) is 0 Å². The Morgan fingerprint density at radius 1 is 1.33 bits per heavy atom. The van der Waals surface area contributed by atoms with Crippen LogP contribution in [0.2, 0.25) is 0 Å². The zero-order valence-electron chi connectivity index (χ0n) is 13.2. The molecule has 0 aromatic heterocycles. The van der Waals surface area contributed by atoms with Gasteiger partial charge in [0.25, 0.3) is 0 Å². The largest absolute Gasteiger partial charge is 0.494 e. The van der Waals surface area contributed by atoms with E-state index in [1.54, 1.807) is 0 Å². The summed E-state index contributed by atoms with van der Waals surface area (Å²) in [6.45, 7) is 9.06. The van der Waals surface area contributed by atoms with Gasteiger partial charge in [-0.2, -0.15) is 0 Å². The third-order valence-corrected chi connectivity index (χ3v) is 3.58. The van der Waals surface area contributed by atoms with Crippen molar-refractivity contribution in [3.63, 3.8) is 0 Å². The molecule has 0 saturated carbocycles. The lowest BCUT2D eigenvalue weighted by molar-refractivity contribution is -0.147. The van der Waals surface area contributed by atoms with Gasteiger partial charge in [-0.05, 0) is 50.5 Å². The van der Waals surface area contributed by atoms with Crippen LogP contribution in [0.5, 0.6) is 5.75 Å². The number of ether oxygens (including phenoxy) is 2. The Labute approximate surface area is 127 Å². The fourth-order valence-corrected chi connectivity index (χ4v) is 2.61. The van der Waals surface area contributed by atoms with Crippen LogP contribution in [0.15, 0.2) is 18.2 Å². The molecule has 0 spiro atoms. The van der Waals surface area contributed by atoms with Gasteiger partial charge in [-0.15, -0.1) is 0 Å². The summed E-state index contributed by atoms with van der Waals surface area (Å²) in [6.07, 6.45) is 1.45. The van der Waals surface area contributed by atoms with Gasteiger partial charge in [-0.3, -0.25) is 9.69 Å². The minimum absolute atomic E-state index is 0.0340. The number of benzene rings is 1. The van der Waals surface area contributed by atoms with Crippen LogP contribution in [-0.4, -0.2) is 36.7 Å². The van der Waals surface area contributed by atoms with Crippen LogP contribution in [0.1, 0.15) is 38.3 Å². The van der Waals surface area contributed by atoms with Crippen LogP contribution < -0.4 is 4.74 Å². The van der Waals surface area contributed by atoms with Gasteiger partial charge in [0.05, 0.1) is 19.1 Å². The van der Waals surface area contributed by atoms with Crippen LogP contribution in [0.3, 0.4) is 0 Å². The topological polar surface area (TPSA) is 38.8 Å². The van der Waals surface area contributed by atoms with Crippen molar-refractivity contribution in [2.45, 2.75) is 46.3 Å². The van der Waals surface area contributed by atoms with Crippen molar-refractivity contribution in [1.82, 2.24) is 4.90 Å². The van der Waals surface area contributed by atoms with Crippen LogP contribution >= 0.6 is 0 Å². The zero-order chi connectivity index (χ0) is 15.2. The highest BCUT2D eigenvalue weighted by Crippen LogP contribution is 2.24. The van der Waals surface area contributed by atoms with Crippen molar-refractivity contribution in [2.24, 2.45) is 0 Å². The number of hydrogen-bond acceptors (Lipinski definition) is 4. The van der Waals surface area contributed by atoms with E-state index < -0.39 is 0 Å². The molecule has 1 aliphatic heterocycles. The van der Waals surface area contributed by atoms with Crippen LogP contribution in [-0.2, 0) is 22.5 Å². The van der Waals surface area contributed by atoms with E-state index >= 15 is 0 Å². The van der Waals surface area contributed by atoms with E-state index in [0.717, 1.165) is 31.8 Å². The third-order valence-electron chi connectivity index (χ3n) is 3.58. The van der Waals surface area contributed by atoms with Crippen molar-refractivity contribution in [2.75, 3.05) is 19.7 Å². The molecule has 0 aliphatic carbocycles. The maximum absolute atomic E-state index is 11.6. The Kier molecular flexibility index (Phi) is 5.62. The van der Waals surface area contributed by atoms with Crippen LogP contribution in [0.4, 0.5) is 0 Å². The molecule has 0 radical (unpaired) electrons. The Morgan fingerprint density at radius 3 is 2.86 bits per heavy atom. The van der Waals surface area contributed by atoms with Gasteiger partial charge in [0.1, 0.15) is 5.75 Å². The van der Waals surface area contributed by atoms with Crippen LogP contribution in [0.25, 0.3) is 0 Å². The van der Waals surface area contributed by atoms with Gasteiger partial charge in [-0.1, -0.05) is 6.07 Å². The predicted molar refractivity (Wildman–Crippen MR) is 82.4 cm³/mol. The van der Waals surface area contributed by atoms with Crippen molar-refractivity contribution in [1.29, 1.82) is 0 Å². The maximum Gasteiger partial charge on any atom is 0.307 e. The van der Waals surface area contributed by atoms with E-state index in [9.17, 15) is 4.79 Å². The minimum Gasteiger partial charge on any atom is -0.494 e. The molecule has 21 heavy (non-hydrogen) atoms. The summed E-state index contributed by atoms with van der Waals surface area (Å²) in [6, 6.07) is 6.32. The molecule has 0 bridgehead atoms. The Hall–Kier alpha value is -1.55. The molecule has 4 nitrogen and oxygen atoms in total. The summed E-state index contributed by atoms with van der Waals surface area (Å²) in [5.74, 6) is 0.816. The third kappa shape index (κ3) is 4.74. The molecule has 1 aliphatic rings. The molecule has 0 amide bonds. The Bertz CT molecular complexity index is 485. The fourth-order valence-electron chi connectivity index (χ4n) is 2.61. The first-order chi connectivity index (χ1) is 10.1. The van der Waals surface area contributed by atoms with E-state index in [2.05, 4.69) is 17.0 Å². The molecule has 0 fully saturated rings. The summed E-state index contributed by atoms with van der Waals surface area (Å²) in [5.41, 5.74) is 2.70. The molecular formula is C17H25NO3. The number of nitrogens with zero attached hydrogens (tertiary/aromatic N) is 1. The summed E-state index contributed by atoms with van der Waals surface area (Å²) in [5, 5.41) is 0. The number of rotatable bonds is 6. The van der Waals surface area contributed by atoms with Crippen molar-refractivity contribution >= 4 is 5.97 Å². The second-order valence-corrected chi connectivity index (χ2v) is 5.68. The van der Waals surface area contributed by atoms with E-state index in [-0.39, 0.29) is 12.1 Å². The van der Waals surface area contributed by atoms with Crippen molar-refractivity contribution < 1.29 is 14.3 Å². The van der Waals surface area contributed by atoms with E-state index in [1.807, 2.05) is 26.8 Å². The molecule has 1 aromatic rings. The lowest BCUT2D eigenvalue weighted by Gasteiger charge is -2.28. The number of hydrogen-bond donors (Lipinski definition) is 0. The highest BCUT2D eigenvalue weighted by Gasteiger charge is 2.18. The van der Waals surface area contributed by atoms with Gasteiger partial charge in [0.15, 0.2) is 0 Å². The summed E-state index contributed by atoms with van der Waals surface area (Å²) < 4.78 is 10.7. The zero-order valence-corrected chi connectivity index (χ0v) is 13.2. The highest BCUT2D eigenvalue weighted by molar-refractivity contribution is 5.69. The molecule has 1 heterocycles. The number of carbonyl (C=O) groups excluding carboxylic acids is 1. The molecule has 116 valence electrons. The van der Waals surface area contributed by atoms with Crippen molar-refractivity contribution in [3.05, 3.63) is 29.3 Å². The Morgan fingerprint density at radius 2 is 2.14 bits per heavy atom. The van der Waals surface area contributed by atoms with Crippen LogP contribution in [0, 0.1) is 0 Å². The summed E-state index contributed by atoms with van der Waals surface area (Å²) >= 11 is 0. The lowest BCUT2D eigenvalue weighted by atomic mass is 9.99. The van der Waals surface area contributed by atoms with Gasteiger partial charge < -0.3 is 9.47 Å². The monoisotopic (exact) mass is 291 g/mol. The molecular weight excluding hydrogens is 266 g/mol. The van der Waals surface area contributed by atoms with E-state index in [4.69, 9.17) is 9.47 Å². The van der Waals surface area contributed by atoms with E-state index in [0.29, 0.717) is 13.0 Å². The average molecular weight is 291 g/mol. The lowest BCUT2D eigenvalue weighted by Crippen LogP contribution is -2.32. The molecule has 0 saturated heterocycles. The normalized spacial score (nSPS) is 14.9. The number of fused-ring (bicyclic) bond motifs is 1. The molecule has 0 unspecified atom stereocenters. The second kappa shape index (κ2) is 7.46. The first kappa shape index (κ1) is 15.8. The quantitative estimate of drug-likeness (QED) is 0.756. The number of carbonyl (C=O) groups is 1. The summed E-state index contributed by atoms with van der Waals surface area (Å²) in [4.78, 5) is 13.9. The van der Waals surface area contributed by atoms with Gasteiger partial charge in [0.2, 0.25) is 0 Å². The molecule has 0 N–H and O–H groups in total. The SMILES string of the molecule is CCOc1ccc2c(c1)CN(CCC(=O)OC(C)C)CC2.